The van der Waals surface area contributed by atoms with E-state index in [-0.39, 0.29) is 17.1 Å². The van der Waals surface area contributed by atoms with E-state index in [9.17, 15) is 18.0 Å². The van der Waals surface area contributed by atoms with Crippen LogP contribution in [0.5, 0.6) is 0 Å². The average molecular weight is 283 g/mol. The van der Waals surface area contributed by atoms with Crippen LogP contribution in [0.3, 0.4) is 0 Å². The molecule has 1 aromatic rings. The molecule has 102 valence electrons. The Labute approximate surface area is 110 Å². The van der Waals surface area contributed by atoms with Crippen LogP contribution in [0.15, 0.2) is 23.1 Å². The van der Waals surface area contributed by atoms with E-state index in [1.165, 1.54) is 19.1 Å². The number of anilines is 1. The van der Waals surface area contributed by atoms with Crippen molar-refractivity contribution in [3.63, 3.8) is 0 Å². The molecule has 7 heteroatoms. The molecule has 6 nitrogen and oxygen atoms in total. The maximum Gasteiger partial charge on any atom is 0.394 e. The Hall–Kier alpha value is -1.89. The molecule has 2 rings (SSSR count). The average Bonchev–Trinajstić information content (AvgIpc) is 2.33. The summed E-state index contributed by atoms with van der Waals surface area (Å²) >= 11 is 0. The second-order valence-corrected chi connectivity index (χ2v) is 6.88. The predicted molar refractivity (Wildman–Crippen MR) is 67.8 cm³/mol. The van der Waals surface area contributed by atoms with Crippen molar-refractivity contribution in [2.24, 2.45) is 0 Å². The summed E-state index contributed by atoms with van der Waals surface area (Å²) in [5.74, 6) is -2.72. The molecule has 1 aromatic carbocycles. The normalized spacial score (nSPS) is 20.7. The van der Waals surface area contributed by atoms with Crippen LogP contribution in [0.1, 0.15) is 12.5 Å². The Morgan fingerprint density at radius 2 is 2.00 bits per heavy atom. The van der Waals surface area contributed by atoms with Crippen LogP contribution in [0.2, 0.25) is 0 Å². The third kappa shape index (κ3) is 2.10. The van der Waals surface area contributed by atoms with E-state index < -0.39 is 27.0 Å². The smallest absolute Gasteiger partial charge is 0.394 e. The number of amides is 1. The van der Waals surface area contributed by atoms with E-state index in [2.05, 4.69) is 0 Å². The van der Waals surface area contributed by atoms with Gasteiger partial charge in [0.1, 0.15) is 0 Å². The number of aryl methyl sites for hydroxylation is 1. The summed E-state index contributed by atoms with van der Waals surface area (Å²) in [5, 5.41) is 7.96. The van der Waals surface area contributed by atoms with Gasteiger partial charge in [-0.3, -0.25) is 4.79 Å². The van der Waals surface area contributed by atoms with Gasteiger partial charge in [-0.15, -0.1) is 0 Å². The van der Waals surface area contributed by atoms with Gasteiger partial charge in [-0.2, -0.15) is 0 Å². The molecule has 1 aliphatic rings. The quantitative estimate of drug-likeness (QED) is 0.703. The minimum absolute atomic E-state index is 0.0147. The maximum absolute atomic E-state index is 12.2. The number of carboxylic acids is 1. The summed E-state index contributed by atoms with van der Waals surface area (Å²) in [7, 11) is -3.52. The number of hydrogen-bond acceptors (Lipinski definition) is 4. The molecule has 1 amide bonds. The van der Waals surface area contributed by atoms with Crippen molar-refractivity contribution in [2.75, 3.05) is 11.4 Å². The Bertz CT molecular complexity index is 665. The van der Waals surface area contributed by atoms with Gasteiger partial charge in [-0.25, -0.2) is 13.2 Å². The third-order valence-corrected chi connectivity index (χ3v) is 5.26. The molecule has 0 aliphatic carbocycles. The summed E-state index contributed by atoms with van der Waals surface area (Å²) < 4.78 is 24.4. The van der Waals surface area contributed by atoms with Crippen LogP contribution < -0.4 is 4.90 Å². The predicted octanol–water partition coefficient (Wildman–Crippen LogP) is 0.588. The largest absolute Gasteiger partial charge is 0.474 e. The van der Waals surface area contributed by atoms with Crippen molar-refractivity contribution in [3.8, 4) is 0 Å². The fraction of sp³-hybridized carbons (Fsp3) is 0.333. The van der Waals surface area contributed by atoms with Gasteiger partial charge >= 0.3 is 11.9 Å². The van der Waals surface area contributed by atoms with Gasteiger partial charge in [-0.05, 0) is 31.5 Å². The highest BCUT2D eigenvalue weighted by Crippen LogP contribution is 2.34. The summed E-state index contributed by atoms with van der Waals surface area (Å²) in [6, 6.07) is 4.57. The fourth-order valence-electron chi connectivity index (χ4n) is 2.05. The molecule has 0 radical (unpaired) electrons. The zero-order valence-electron chi connectivity index (χ0n) is 10.5. The number of carbonyl (C=O) groups is 2. The Morgan fingerprint density at radius 1 is 1.37 bits per heavy atom. The molecule has 0 bridgehead atoms. The van der Waals surface area contributed by atoms with Gasteiger partial charge in [0.25, 0.3) is 0 Å². The van der Waals surface area contributed by atoms with Gasteiger partial charge in [0.15, 0.2) is 9.84 Å². The summed E-state index contributed by atoms with van der Waals surface area (Å²) in [4.78, 5) is 23.5. The number of rotatable bonds is 0. The first-order valence-corrected chi connectivity index (χ1v) is 7.19. The van der Waals surface area contributed by atoms with Crippen LogP contribution >= 0.6 is 0 Å². The Morgan fingerprint density at radius 3 is 2.58 bits per heavy atom. The number of aliphatic carboxylic acids is 1. The molecule has 0 aromatic heterocycles. The van der Waals surface area contributed by atoms with Crippen molar-refractivity contribution in [3.05, 3.63) is 23.8 Å². The lowest BCUT2D eigenvalue weighted by molar-refractivity contribution is -0.148. The van der Waals surface area contributed by atoms with Crippen LogP contribution in [0.4, 0.5) is 5.69 Å². The molecular formula is C12H13NO5S. The summed E-state index contributed by atoms with van der Waals surface area (Å²) in [5.41, 5.74) is 0.871. The molecule has 1 N–H and O–H groups in total. The molecule has 19 heavy (non-hydrogen) atoms. The zero-order chi connectivity index (χ0) is 14.4. The number of nitrogens with zero attached hydrogens (tertiary/aromatic N) is 1. The van der Waals surface area contributed by atoms with Crippen molar-refractivity contribution in [2.45, 2.75) is 24.0 Å². The van der Waals surface area contributed by atoms with E-state index >= 15 is 0 Å². The lowest BCUT2D eigenvalue weighted by atomic mass is 10.2. The molecule has 1 atom stereocenters. The van der Waals surface area contributed by atoms with Crippen molar-refractivity contribution in [1.29, 1.82) is 0 Å². The highest BCUT2D eigenvalue weighted by atomic mass is 32.2. The van der Waals surface area contributed by atoms with Gasteiger partial charge < -0.3 is 10.0 Å². The minimum atomic E-state index is -3.52. The summed E-state index contributed by atoms with van der Waals surface area (Å²) in [6.45, 7) is 3.05. The zero-order valence-corrected chi connectivity index (χ0v) is 11.3. The maximum atomic E-state index is 12.2. The first-order chi connectivity index (χ1) is 8.75. The van der Waals surface area contributed by atoms with Crippen molar-refractivity contribution >= 4 is 27.4 Å². The van der Waals surface area contributed by atoms with E-state index in [4.69, 9.17) is 5.11 Å². The first-order valence-electron chi connectivity index (χ1n) is 5.64. The number of hydrogen-bond donors (Lipinski definition) is 1. The molecule has 1 aliphatic heterocycles. The molecule has 0 spiro atoms. The number of fused-ring (bicyclic) bond motifs is 1. The number of sulfone groups is 1. The van der Waals surface area contributed by atoms with Crippen LogP contribution in [-0.4, -0.2) is 37.2 Å². The molecule has 0 saturated heterocycles. The van der Waals surface area contributed by atoms with Crippen LogP contribution in [0, 0.1) is 6.92 Å². The lowest BCUT2D eigenvalue weighted by Crippen LogP contribution is -2.46. The van der Waals surface area contributed by atoms with E-state index in [1.54, 1.807) is 13.0 Å². The van der Waals surface area contributed by atoms with Gasteiger partial charge in [0.2, 0.25) is 0 Å². The summed E-state index contributed by atoms with van der Waals surface area (Å²) in [6.07, 6.45) is 0. The second-order valence-electron chi connectivity index (χ2n) is 4.55. The molecule has 0 saturated carbocycles. The van der Waals surface area contributed by atoms with E-state index in [0.29, 0.717) is 0 Å². The number of carboxylic acid groups (broad SMARTS) is 1. The highest BCUT2D eigenvalue weighted by Gasteiger charge is 2.38. The fourth-order valence-corrected chi connectivity index (χ4v) is 3.65. The van der Waals surface area contributed by atoms with Gasteiger partial charge in [-0.1, -0.05) is 6.07 Å². The van der Waals surface area contributed by atoms with Gasteiger partial charge in [0, 0.05) is 6.54 Å². The number of carbonyl (C=O) groups excluding carboxylic acids is 1. The Kier molecular flexibility index (Phi) is 3.09. The first kappa shape index (κ1) is 13.5. The SMILES string of the molecule is Cc1ccc2c(c1)S(=O)(=O)C(C)CN2C(=O)C(=O)O. The minimum Gasteiger partial charge on any atom is -0.474 e. The Balaban J connectivity index is 2.67. The standard InChI is InChI=1S/C12H13NO5S/c1-7-3-4-9-10(5-7)19(17,18)8(2)6-13(9)11(14)12(15)16/h3-5,8H,6H2,1-2H3,(H,15,16). The molecule has 1 heterocycles. The molecular weight excluding hydrogens is 270 g/mol. The van der Waals surface area contributed by atoms with E-state index in [0.717, 1.165) is 10.5 Å². The lowest BCUT2D eigenvalue weighted by Gasteiger charge is -2.31. The van der Waals surface area contributed by atoms with Crippen molar-refractivity contribution < 1.29 is 23.1 Å². The van der Waals surface area contributed by atoms with Crippen molar-refractivity contribution in [1.82, 2.24) is 0 Å². The highest BCUT2D eigenvalue weighted by molar-refractivity contribution is 7.92. The molecule has 0 fully saturated rings. The third-order valence-electron chi connectivity index (χ3n) is 3.11. The van der Waals surface area contributed by atoms with Crippen LogP contribution in [0.25, 0.3) is 0 Å². The monoisotopic (exact) mass is 283 g/mol. The molecule has 1 unspecified atom stereocenters. The second kappa shape index (κ2) is 4.34. The van der Waals surface area contributed by atoms with Gasteiger partial charge in [0.05, 0.1) is 15.8 Å². The van der Waals surface area contributed by atoms with E-state index in [1.807, 2.05) is 0 Å². The van der Waals surface area contributed by atoms with Crippen LogP contribution in [-0.2, 0) is 19.4 Å². The topological polar surface area (TPSA) is 91.8 Å². The number of benzene rings is 1.